The van der Waals surface area contributed by atoms with E-state index in [2.05, 4.69) is 0 Å². The van der Waals surface area contributed by atoms with Crippen molar-refractivity contribution in [3.8, 4) is 0 Å². The highest BCUT2D eigenvalue weighted by Gasteiger charge is 2.27. The maximum atomic E-state index is 11.7. The van der Waals surface area contributed by atoms with Gasteiger partial charge in [-0.1, -0.05) is 0 Å². The predicted molar refractivity (Wildman–Crippen MR) is 57.5 cm³/mol. The molecule has 0 aromatic heterocycles. The Balaban J connectivity index is 2.21. The first-order chi connectivity index (χ1) is 7.29. The van der Waals surface area contributed by atoms with Crippen LogP contribution in [0.4, 0.5) is 0 Å². The average Bonchev–Trinajstić information content (AvgIpc) is 2.72. The minimum Gasteiger partial charge on any atom is -0.394 e. The van der Waals surface area contributed by atoms with Gasteiger partial charge >= 0.3 is 0 Å². The lowest BCUT2D eigenvalue weighted by molar-refractivity contribution is -0.133. The largest absolute Gasteiger partial charge is 0.394 e. The molecule has 1 saturated heterocycles. The van der Waals surface area contributed by atoms with Crippen molar-refractivity contribution in [3.63, 3.8) is 0 Å². The van der Waals surface area contributed by atoms with Gasteiger partial charge in [0.2, 0.25) is 5.91 Å². The summed E-state index contributed by atoms with van der Waals surface area (Å²) < 4.78 is 5.18. The van der Waals surface area contributed by atoms with Crippen molar-refractivity contribution in [1.29, 1.82) is 0 Å². The summed E-state index contributed by atoms with van der Waals surface area (Å²) in [4.78, 5) is 13.5. The number of rotatable bonds is 6. The zero-order chi connectivity index (χ0) is 11.1. The van der Waals surface area contributed by atoms with Crippen LogP contribution < -0.4 is 0 Å². The number of carbonyl (C=O) groups is 1. The number of nitrogens with zero attached hydrogens (tertiary/aromatic N) is 1. The Labute approximate surface area is 91.2 Å². The molecule has 4 heteroatoms. The van der Waals surface area contributed by atoms with Crippen molar-refractivity contribution < 1.29 is 14.6 Å². The van der Waals surface area contributed by atoms with Gasteiger partial charge in [0.1, 0.15) is 0 Å². The van der Waals surface area contributed by atoms with Crippen LogP contribution in [-0.4, -0.2) is 48.3 Å². The highest BCUT2D eigenvalue weighted by molar-refractivity contribution is 5.76. The third kappa shape index (κ3) is 3.80. The monoisotopic (exact) mass is 215 g/mol. The molecule has 0 spiro atoms. The third-order valence-corrected chi connectivity index (χ3v) is 2.79. The van der Waals surface area contributed by atoms with Gasteiger partial charge in [-0.2, -0.15) is 0 Å². The van der Waals surface area contributed by atoms with Gasteiger partial charge < -0.3 is 14.7 Å². The van der Waals surface area contributed by atoms with Crippen LogP contribution in [-0.2, 0) is 9.53 Å². The molecule has 1 N–H and O–H groups in total. The van der Waals surface area contributed by atoms with Gasteiger partial charge in [-0.3, -0.25) is 4.79 Å². The fourth-order valence-electron chi connectivity index (χ4n) is 1.97. The first-order valence-electron chi connectivity index (χ1n) is 5.77. The lowest BCUT2D eigenvalue weighted by Crippen LogP contribution is -2.37. The summed E-state index contributed by atoms with van der Waals surface area (Å²) in [6, 6.07) is 0.0598. The fraction of sp³-hybridized carbons (Fsp3) is 0.909. The second-order valence-corrected chi connectivity index (χ2v) is 3.87. The molecular weight excluding hydrogens is 194 g/mol. The normalized spacial score (nSPS) is 20.9. The lowest BCUT2D eigenvalue weighted by Gasteiger charge is -2.22. The van der Waals surface area contributed by atoms with Crippen molar-refractivity contribution in [1.82, 2.24) is 4.90 Å². The van der Waals surface area contributed by atoms with Crippen LogP contribution in [0.5, 0.6) is 0 Å². The highest BCUT2D eigenvalue weighted by Crippen LogP contribution is 2.17. The summed E-state index contributed by atoms with van der Waals surface area (Å²) >= 11 is 0. The number of aliphatic hydroxyl groups is 1. The number of hydrogen-bond acceptors (Lipinski definition) is 3. The molecule has 1 atom stereocenters. The van der Waals surface area contributed by atoms with E-state index < -0.39 is 0 Å². The van der Waals surface area contributed by atoms with Crippen LogP contribution in [0, 0.1) is 0 Å². The van der Waals surface area contributed by atoms with Crippen molar-refractivity contribution >= 4 is 5.91 Å². The van der Waals surface area contributed by atoms with Gasteiger partial charge in [0.05, 0.1) is 12.6 Å². The summed E-state index contributed by atoms with van der Waals surface area (Å²) in [5.41, 5.74) is 0. The van der Waals surface area contributed by atoms with Crippen LogP contribution in [0.25, 0.3) is 0 Å². The topological polar surface area (TPSA) is 49.8 Å². The van der Waals surface area contributed by atoms with E-state index in [-0.39, 0.29) is 18.6 Å². The van der Waals surface area contributed by atoms with E-state index >= 15 is 0 Å². The molecule has 1 unspecified atom stereocenters. The van der Waals surface area contributed by atoms with Gasteiger partial charge in [0, 0.05) is 26.2 Å². The number of aliphatic hydroxyl groups excluding tert-OH is 1. The predicted octanol–water partition coefficient (Wildman–Crippen LogP) is 0.786. The van der Waals surface area contributed by atoms with Gasteiger partial charge in [0.15, 0.2) is 0 Å². The third-order valence-electron chi connectivity index (χ3n) is 2.79. The minimum atomic E-state index is 0.0598. The Bertz CT molecular complexity index is 196. The zero-order valence-electron chi connectivity index (χ0n) is 9.45. The Morgan fingerprint density at radius 3 is 3.07 bits per heavy atom. The lowest BCUT2D eigenvalue weighted by atomic mass is 10.2. The quantitative estimate of drug-likeness (QED) is 0.666. The zero-order valence-corrected chi connectivity index (χ0v) is 9.45. The minimum absolute atomic E-state index is 0.0598. The van der Waals surface area contributed by atoms with Crippen molar-refractivity contribution in [3.05, 3.63) is 0 Å². The second-order valence-electron chi connectivity index (χ2n) is 3.87. The molecule has 1 aliphatic heterocycles. The summed E-state index contributed by atoms with van der Waals surface area (Å²) in [7, 11) is 0. The Morgan fingerprint density at radius 2 is 2.40 bits per heavy atom. The van der Waals surface area contributed by atoms with Gasteiger partial charge in [-0.05, 0) is 26.2 Å². The van der Waals surface area contributed by atoms with E-state index in [1.54, 1.807) is 0 Å². The van der Waals surface area contributed by atoms with Gasteiger partial charge in [-0.25, -0.2) is 0 Å². The number of amides is 1. The Hall–Kier alpha value is -0.610. The summed E-state index contributed by atoms with van der Waals surface area (Å²) in [6.45, 7) is 4.21. The number of likely N-dealkylation sites (tertiary alicyclic amines) is 1. The maximum absolute atomic E-state index is 11.7. The second kappa shape index (κ2) is 6.80. The highest BCUT2D eigenvalue weighted by atomic mass is 16.5. The molecule has 4 nitrogen and oxygen atoms in total. The maximum Gasteiger partial charge on any atom is 0.222 e. The first kappa shape index (κ1) is 12.5. The molecule has 88 valence electrons. The molecule has 1 aliphatic rings. The molecule has 15 heavy (non-hydrogen) atoms. The van der Waals surface area contributed by atoms with Crippen molar-refractivity contribution in [2.45, 2.75) is 38.6 Å². The molecule has 0 saturated carbocycles. The molecule has 0 aromatic carbocycles. The van der Waals surface area contributed by atoms with E-state index in [0.29, 0.717) is 19.6 Å². The average molecular weight is 215 g/mol. The Morgan fingerprint density at radius 1 is 1.60 bits per heavy atom. The fourth-order valence-corrected chi connectivity index (χ4v) is 1.97. The Kier molecular flexibility index (Phi) is 5.65. The van der Waals surface area contributed by atoms with Crippen LogP contribution in [0.2, 0.25) is 0 Å². The van der Waals surface area contributed by atoms with E-state index in [1.807, 2.05) is 11.8 Å². The molecular formula is C11H21NO3. The van der Waals surface area contributed by atoms with Crippen LogP contribution in [0.3, 0.4) is 0 Å². The SMILES string of the molecule is CCOCCCC(=O)N1CCCC1CO. The van der Waals surface area contributed by atoms with E-state index in [1.165, 1.54) is 0 Å². The number of carbonyl (C=O) groups excluding carboxylic acids is 1. The molecule has 1 fully saturated rings. The van der Waals surface area contributed by atoms with Crippen LogP contribution in [0.15, 0.2) is 0 Å². The standard InChI is InChI=1S/C11H21NO3/c1-2-15-8-4-6-11(14)12-7-3-5-10(12)9-13/h10,13H,2-9H2,1H3. The molecule has 1 heterocycles. The molecule has 1 rings (SSSR count). The number of ether oxygens (including phenoxy) is 1. The van der Waals surface area contributed by atoms with Crippen LogP contribution >= 0.6 is 0 Å². The molecule has 0 aromatic rings. The van der Waals surface area contributed by atoms with E-state index in [0.717, 1.165) is 25.8 Å². The van der Waals surface area contributed by atoms with Gasteiger partial charge in [-0.15, -0.1) is 0 Å². The van der Waals surface area contributed by atoms with Crippen molar-refractivity contribution in [2.75, 3.05) is 26.4 Å². The van der Waals surface area contributed by atoms with E-state index in [9.17, 15) is 4.79 Å². The summed E-state index contributed by atoms with van der Waals surface area (Å²) in [5.74, 6) is 0.159. The first-order valence-corrected chi connectivity index (χ1v) is 5.77. The van der Waals surface area contributed by atoms with Crippen LogP contribution in [0.1, 0.15) is 32.6 Å². The molecule has 0 radical (unpaired) electrons. The smallest absolute Gasteiger partial charge is 0.222 e. The summed E-state index contributed by atoms with van der Waals surface area (Å²) in [5, 5.41) is 9.08. The van der Waals surface area contributed by atoms with E-state index in [4.69, 9.17) is 9.84 Å². The molecule has 1 amide bonds. The van der Waals surface area contributed by atoms with Crippen molar-refractivity contribution in [2.24, 2.45) is 0 Å². The van der Waals surface area contributed by atoms with Gasteiger partial charge in [0.25, 0.3) is 0 Å². The summed E-state index contributed by atoms with van der Waals surface area (Å²) in [6.07, 6.45) is 3.27. The molecule has 0 bridgehead atoms. The number of hydrogen-bond donors (Lipinski definition) is 1. The molecule has 0 aliphatic carbocycles.